The van der Waals surface area contributed by atoms with Gasteiger partial charge >= 0.3 is 0 Å². The van der Waals surface area contributed by atoms with Crippen LogP contribution in [0.2, 0.25) is 0 Å². The van der Waals surface area contributed by atoms with Crippen LogP contribution in [0.4, 0.5) is 4.39 Å². The highest BCUT2D eigenvalue weighted by Gasteiger charge is 2.23. The van der Waals surface area contributed by atoms with Crippen LogP contribution in [0.25, 0.3) is 5.69 Å². The van der Waals surface area contributed by atoms with Crippen molar-refractivity contribution in [1.82, 2.24) is 14.8 Å². The normalized spacial score (nSPS) is 12.6. The zero-order chi connectivity index (χ0) is 16.3. The van der Waals surface area contributed by atoms with Gasteiger partial charge < -0.3 is 4.90 Å². The smallest absolute Gasteiger partial charge is 0.196 e. The molecule has 0 aliphatic rings. The van der Waals surface area contributed by atoms with Crippen molar-refractivity contribution < 1.29 is 14.1 Å². The molecule has 1 N–H and O–H groups in total. The number of quaternary nitrogens is 1. The summed E-state index contributed by atoms with van der Waals surface area (Å²) in [6, 6.07) is 6.32. The highest BCUT2D eigenvalue weighted by molar-refractivity contribution is 7.99. The van der Waals surface area contributed by atoms with E-state index >= 15 is 0 Å². The number of rotatable bonds is 6. The van der Waals surface area contributed by atoms with Crippen molar-refractivity contribution >= 4 is 17.5 Å². The molecule has 1 atom stereocenters. The molecule has 0 fully saturated rings. The molecule has 1 aromatic heterocycles. The highest BCUT2D eigenvalue weighted by atomic mass is 32.2. The van der Waals surface area contributed by atoms with Crippen molar-refractivity contribution in [3.8, 4) is 5.69 Å². The predicted octanol–water partition coefficient (Wildman–Crippen LogP) is 1.29. The minimum absolute atomic E-state index is 0.0755. The number of nitrogens with one attached hydrogen (secondary N) is 1. The molecule has 0 radical (unpaired) electrons. The van der Waals surface area contributed by atoms with Crippen molar-refractivity contribution in [2.45, 2.75) is 25.0 Å². The van der Waals surface area contributed by atoms with E-state index in [1.807, 2.05) is 18.7 Å². The van der Waals surface area contributed by atoms with Crippen LogP contribution in [0, 0.1) is 5.82 Å². The standard InChI is InChI=1S/C15H19FN4OS/c1-10(21)9-22-15-18-17-14(11(2)19(3)4)20(15)13-7-5-12(16)6-8-13/h5-8,11H,9H2,1-4H3/p+1/t11-/m1/s1. The number of thioether (sulfide) groups is 1. The highest BCUT2D eigenvalue weighted by Crippen LogP contribution is 2.24. The molecule has 5 nitrogen and oxygen atoms in total. The zero-order valence-corrected chi connectivity index (χ0v) is 13.9. The molecular formula is C15H20FN4OS+. The maximum Gasteiger partial charge on any atom is 0.196 e. The third-order valence-corrected chi connectivity index (χ3v) is 4.47. The van der Waals surface area contributed by atoms with E-state index in [2.05, 4.69) is 17.1 Å². The summed E-state index contributed by atoms with van der Waals surface area (Å²) < 4.78 is 15.1. The average molecular weight is 323 g/mol. The van der Waals surface area contributed by atoms with Gasteiger partial charge in [0.15, 0.2) is 11.0 Å². The molecule has 0 amide bonds. The first-order valence-corrected chi connectivity index (χ1v) is 8.02. The molecule has 0 aliphatic heterocycles. The summed E-state index contributed by atoms with van der Waals surface area (Å²) in [7, 11) is 4.08. The van der Waals surface area contributed by atoms with Crippen LogP contribution in [0.3, 0.4) is 0 Å². The van der Waals surface area contributed by atoms with Gasteiger partial charge in [0.2, 0.25) is 0 Å². The molecule has 0 aliphatic carbocycles. The van der Waals surface area contributed by atoms with Crippen LogP contribution < -0.4 is 4.90 Å². The van der Waals surface area contributed by atoms with E-state index in [1.165, 1.54) is 28.8 Å². The minimum atomic E-state index is -0.289. The molecule has 22 heavy (non-hydrogen) atoms. The fourth-order valence-electron chi connectivity index (χ4n) is 1.91. The number of Topliss-reactive ketones (excluding diaryl/α,β-unsaturated/α-hetero) is 1. The molecule has 2 aromatic rings. The number of halogens is 1. The Labute approximate surface area is 133 Å². The maximum absolute atomic E-state index is 13.2. The van der Waals surface area contributed by atoms with Crippen LogP contribution >= 0.6 is 11.8 Å². The molecule has 1 heterocycles. The van der Waals surface area contributed by atoms with Gasteiger partial charge in [-0.15, -0.1) is 10.2 Å². The SMILES string of the molecule is CC(=O)CSc1nnc([C@@H](C)[NH+](C)C)n1-c1ccc(F)cc1. The quantitative estimate of drug-likeness (QED) is 0.814. The number of hydrogen-bond acceptors (Lipinski definition) is 4. The lowest BCUT2D eigenvalue weighted by Gasteiger charge is -2.18. The predicted molar refractivity (Wildman–Crippen MR) is 83.9 cm³/mol. The van der Waals surface area contributed by atoms with Gasteiger partial charge in [0.05, 0.1) is 19.8 Å². The molecule has 0 unspecified atom stereocenters. The Kier molecular flexibility index (Phi) is 5.31. The van der Waals surface area contributed by atoms with Crippen molar-refractivity contribution in [3.63, 3.8) is 0 Å². The molecule has 0 spiro atoms. The van der Waals surface area contributed by atoms with Crippen molar-refractivity contribution in [1.29, 1.82) is 0 Å². The molecule has 1 aromatic carbocycles. The van der Waals surface area contributed by atoms with Crippen LogP contribution in [0.5, 0.6) is 0 Å². The Morgan fingerprint density at radius 2 is 1.95 bits per heavy atom. The Hall–Kier alpha value is -1.73. The lowest BCUT2D eigenvalue weighted by atomic mass is 10.2. The first-order valence-electron chi connectivity index (χ1n) is 7.03. The third-order valence-electron chi connectivity index (χ3n) is 3.40. The van der Waals surface area contributed by atoms with E-state index in [0.717, 1.165) is 11.5 Å². The van der Waals surface area contributed by atoms with E-state index in [9.17, 15) is 9.18 Å². The molecular weight excluding hydrogens is 303 g/mol. The van der Waals surface area contributed by atoms with E-state index in [0.29, 0.717) is 10.9 Å². The summed E-state index contributed by atoms with van der Waals surface area (Å²) in [5.74, 6) is 0.912. The van der Waals surface area contributed by atoms with Gasteiger partial charge in [0.25, 0.3) is 0 Å². The van der Waals surface area contributed by atoms with E-state index < -0.39 is 0 Å². The lowest BCUT2D eigenvalue weighted by Crippen LogP contribution is -3.05. The number of nitrogens with zero attached hydrogens (tertiary/aromatic N) is 3. The van der Waals surface area contributed by atoms with Crippen molar-refractivity contribution in [3.05, 3.63) is 35.9 Å². The van der Waals surface area contributed by atoms with Gasteiger partial charge in [-0.1, -0.05) is 11.8 Å². The molecule has 7 heteroatoms. The summed E-state index contributed by atoms with van der Waals surface area (Å²) in [6.07, 6.45) is 0. The topological polar surface area (TPSA) is 52.2 Å². The van der Waals surface area contributed by atoms with E-state index in [-0.39, 0.29) is 17.6 Å². The third kappa shape index (κ3) is 3.72. The van der Waals surface area contributed by atoms with E-state index in [4.69, 9.17) is 0 Å². The minimum Gasteiger partial charge on any atom is -0.331 e. The monoisotopic (exact) mass is 323 g/mol. The van der Waals surface area contributed by atoms with Crippen LogP contribution in [0.15, 0.2) is 29.4 Å². The van der Waals surface area contributed by atoms with Crippen LogP contribution in [0.1, 0.15) is 25.7 Å². The number of hydrogen-bond donors (Lipinski definition) is 1. The van der Waals surface area contributed by atoms with Gasteiger partial charge in [-0.2, -0.15) is 0 Å². The fraction of sp³-hybridized carbons (Fsp3) is 0.400. The Morgan fingerprint density at radius 3 is 2.50 bits per heavy atom. The van der Waals surface area contributed by atoms with Crippen molar-refractivity contribution in [2.24, 2.45) is 0 Å². The summed E-state index contributed by atoms with van der Waals surface area (Å²) in [5.41, 5.74) is 0.792. The molecule has 0 bridgehead atoms. The number of ketones is 1. The van der Waals surface area contributed by atoms with Gasteiger partial charge in [-0.3, -0.25) is 9.36 Å². The summed E-state index contributed by atoms with van der Waals surface area (Å²) in [6.45, 7) is 3.60. The van der Waals surface area contributed by atoms with Gasteiger partial charge in [0.1, 0.15) is 17.6 Å². The second kappa shape index (κ2) is 7.02. The van der Waals surface area contributed by atoms with Gasteiger partial charge in [0, 0.05) is 5.69 Å². The van der Waals surface area contributed by atoms with Crippen LogP contribution in [-0.2, 0) is 4.79 Å². The van der Waals surface area contributed by atoms with Crippen LogP contribution in [-0.4, -0.2) is 40.4 Å². The van der Waals surface area contributed by atoms with E-state index in [1.54, 1.807) is 19.1 Å². The molecule has 2 rings (SSSR count). The first-order chi connectivity index (χ1) is 10.4. The Balaban J connectivity index is 2.47. The summed E-state index contributed by atoms with van der Waals surface area (Å²) >= 11 is 1.34. The zero-order valence-electron chi connectivity index (χ0n) is 13.1. The number of carbonyl (C=O) groups excluding carboxylic acids is 1. The Morgan fingerprint density at radius 1 is 1.32 bits per heavy atom. The molecule has 118 valence electrons. The summed E-state index contributed by atoms with van der Waals surface area (Å²) in [4.78, 5) is 12.4. The number of carbonyl (C=O) groups is 1. The van der Waals surface area contributed by atoms with Crippen molar-refractivity contribution in [2.75, 3.05) is 19.8 Å². The first kappa shape index (κ1) is 16.6. The Bertz CT molecular complexity index is 654. The molecule has 0 saturated heterocycles. The second-order valence-corrected chi connectivity index (χ2v) is 6.38. The molecule has 0 saturated carbocycles. The second-order valence-electron chi connectivity index (χ2n) is 5.44. The average Bonchev–Trinajstić information content (AvgIpc) is 2.88. The maximum atomic E-state index is 13.2. The van der Waals surface area contributed by atoms with Gasteiger partial charge in [-0.05, 0) is 38.1 Å². The number of aromatic nitrogens is 3. The van der Waals surface area contributed by atoms with Gasteiger partial charge in [-0.25, -0.2) is 4.39 Å². The largest absolute Gasteiger partial charge is 0.331 e. The fourth-order valence-corrected chi connectivity index (χ4v) is 2.67. The lowest BCUT2D eigenvalue weighted by molar-refractivity contribution is -0.890. The summed E-state index contributed by atoms with van der Waals surface area (Å²) in [5, 5.41) is 9.13. The number of benzene rings is 1.